The monoisotopic (exact) mass is 562 g/mol. The third-order valence-electron chi connectivity index (χ3n) is 6.71. The van der Waals surface area contributed by atoms with E-state index in [1.54, 1.807) is 37.4 Å². The van der Waals surface area contributed by atoms with Gasteiger partial charge in [-0.3, -0.25) is 34.0 Å². The summed E-state index contributed by atoms with van der Waals surface area (Å²) >= 11 is 0. The highest BCUT2D eigenvalue weighted by Crippen LogP contribution is 2.26. The smallest absolute Gasteiger partial charge is 0.262 e. The normalized spacial score (nSPS) is 17.9. The van der Waals surface area contributed by atoms with Crippen molar-refractivity contribution in [2.24, 2.45) is 0 Å². The second-order valence-corrected chi connectivity index (χ2v) is 11.4. The van der Waals surface area contributed by atoms with Crippen LogP contribution in [0.3, 0.4) is 0 Å². The van der Waals surface area contributed by atoms with Crippen molar-refractivity contribution in [3.63, 3.8) is 0 Å². The Labute approximate surface area is 229 Å². The molecule has 5 rings (SSSR count). The first-order valence-corrected chi connectivity index (χ1v) is 14.0. The molecule has 1 saturated heterocycles. The maximum absolute atomic E-state index is 13.4. The maximum atomic E-state index is 13.4. The quantitative estimate of drug-likeness (QED) is 0.236. The summed E-state index contributed by atoms with van der Waals surface area (Å²) in [5, 5.41) is 5.70. The van der Waals surface area contributed by atoms with E-state index in [9.17, 15) is 27.9 Å². The molecular weight excluding hydrogens is 536 g/mol. The predicted molar refractivity (Wildman–Crippen MR) is 147 cm³/mol. The second-order valence-electron chi connectivity index (χ2n) is 9.68. The van der Waals surface area contributed by atoms with Crippen molar-refractivity contribution >= 4 is 55.6 Å². The van der Waals surface area contributed by atoms with Gasteiger partial charge < -0.3 is 9.87 Å². The number of aryl methyl sites for hydroxylation is 2. The van der Waals surface area contributed by atoms with Gasteiger partial charge in [0, 0.05) is 18.0 Å². The van der Waals surface area contributed by atoms with E-state index in [-0.39, 0.29) is 45.7 Å². The van der Waals surface area contributed by atoms with E-state index in [2.05, 4.69) is 25.3 Å². The van der Waals surface area contributed by atoms with Crippen LogP contribution >= 0.6 is 0 Å². The molecule has 0 bridgehead atoms. The standard InChI is InChI=1S/C27H26N6O6S/c1-14-12-17-6-4-9-21(23(17)28-13-14)40(38,39)32-15(2)25(35)30-19-8-5-7-18-24(19)29-16(3)33(27(18)37)20-10-11-22(34)31-26(20)36/h4-9,12-13,15,20H,10-11H2,1-3H3,(H3-,30,31,32,34,35,36,38,39). The number of hydrogen-bond donors (Lipinski definition) is 3. The molecule has 3 atom stereocenters. The first-order valence-electron chi connectivity index (χ1n) is 12.5. The van der Waals surface area contributed by atoms with Crippen molar-refractivity contribution in [2.75, 3.05) is 5.32 Å². The van der Waals surface area contributed by atoms with Crippen LogP contribution in [0.4, 0.5) is 5.69 Å². The Morgan fingerprint density at radius 1 is 1.15 bits per heavy atom. The number of piperidine rings is 1. The number of amides is 3. The molecule has 12 nitrogen and oxygen atoms in total. The van der Waals surface area contributed by atoms with Gasteiger partial charge in [-0.25, -0.2) is 4.98 Å². The van der Waals surface area contributed by atoms with Crippen LogP contribution in [-0.4, -0.2) is 42.9 Å². The number of nitrogens with zero attached hydrogens (tertiary/aromatic N) is 3. The van der Waals surface area contributed by atoms with Gasteiger partial charge in [-0.1, -0.05) is 22.4 Å². The average Bonchev–Trinajstić information content (AvgIpc) is 2.89. The Balaban J connectivity index is 1.41. The van der Waals surface area contributed by atoms with Crippen molar-refractivity contribution in [1.29, 1.82) is 0 Å². The zero-order chi connectivity index (χ0) is 28.8. The summed E-state index contributed by atoms with van der Waals surface area (Å²) in [5.41, 5.74) is 1.05. The van der Waals surface area contributed by atoms with E-state index in [0.717, 1.165) is 5.56 Å². The van der Waals surface area contributed by atoms with Crippen molar-refractivity contribution in [2.45, 2.75) is 50.6 Å². The van der Waals surface area contributed by atoms with Crippen LogP contribution in [0, 0.1) is 13.8 Å². The first kappa shape index (κ1) is 27.2. The number of carbonyl (C=O) groups excluding carboxylic acids is 3. The molecule has 0 radical (unpaired) electrons. The van der Waals surface area contributed by atoms with E-state index >= 15 is 0 Å². The fraction of sp³-hybridized carbons (Fsp3) is 0.259. The van der Waals surface area contributed by atoms with E-state index in [1.807, 2.05) is 13.0 Å². The summed E-state index contributed by atoms with van der Waals surface area (Å²) in [6.45, 7) is 4.81. The lowest BCUT2D eigenvalue weighted by Crippen LogP contribution is -2.45. The van der Waals surface area contributed by atoms with Crippen LogP contribution in [0.5, 0.6) is 0 Å². The molecule has 40 heavy (non-hydrogen) atoms. The van der Waals surface area contributed by atoms with E-state index in [0.29, 0.717) is 5.39 Å². The first-order chi connectivity index (χ1) is 19.0. The van der Waals surface area contributed by atoms with Crippen LogP contribution in [-0.2, 0) is 29.0 Å². The number of anilines is 1. The van der Waals surface area contributed by atoms with Gasteiger partial charge in [0.15, 0.2) is 10.4 Å². The molecule has 1 fully saturated rings. The summed E-state index contributed by atoms with van der Waals surface area (Å²) in [7, 11) is -4.12. The summed E-state index contributed by atoms with van der Waals surface area (Å²) < 4.78 is 30.0. The number of rotatable bonds is 6. The van der Waals surface area contributed by atoms with Gasteiger partial charge in [0.1, 0.15) is 28.9 Å². The number of benzene rings is 2. The molecule has 3 N–H and O–H groups in total. The number of hydrogen-bond acceptors (Lipinski definition) is 8. The Bertz CT molecular complexity index is 1820. The largest absolute Gasteiger partial charge is 0.593 e. The van der Waals surface area contributed by atoms with E-state index < -0.39 is 45.8 Å². The number of carbonyl (C=O) groups is 3. The molecule has 4 aromatic rings. The summed E-state index contributed by atoms with van der Waals surface area (Å²) in [6.07, 6.45) is 1.83. The Morgan fingerprint density at radius 2 is 1.90 bits per heavy atom. The lowest BCUT2D eigenvalue weighted by atomic mass is 10.1. The number of fused-ring (bicyclic) bond motifs is 2. The molecule has 3 amide bonds. The molecule has 0 aliphatic carbocycles. The van der Waals surface area contributed by atoms with Crippen LogP contribution < -0.4 is 20.9 Å². The molecular formula is C27H26N6O6S. The number of aromatic nitrogens is 3. The Kier molecular flexibility index (Phi) is 7.04. The number of nitrogens with one attached hydrogen (secondary N) is 3. The van der Waals surface area contributed by atoms with Crippen molar-refractivity contribution in [3.8, 4) is 0 Å². The van der Waals surface area contributed by atoms with Crippen LogP contribution in [0.15, 0.2) is 58.4 Å². The highest BCUT2D eigenvalue weighted by Gasteiger charge is 2.32. The number of para-hydroxylation sites is 2. The minimum Gasteiger partial charge on any atom is -0.593 e. The van der Waals surface area contributed by atoms with Gasteiger partial charge in [0.05, 0.1) is 11.1 Å². The summed E-state index contributed by atoms with van der Waals surface area (Å²) in [6, 6.07) is 9.13. The van der Waals surface area contributed by atoms with Gasteiger partial charge in [0.2, 0.25) is 22.6 Å². The number of sulfonamides is 1. The zero-order valence-corrected chi connectivity index (χ0v) is 22.7. The van der Waals surface area contributed by atoms with Crippen molar-refractivity contribution in [3.05, 3.63) is 70.4 Å². The van der Waals surface area contributed by atoms with Crippen LogP contribution in [0.2, 0.25) is 0 Å². The Morgan fingerprint density at radius 3 is 2.65 bits per heavy atom. The van der Waals surface area contributed by atoms with Gasteiger partial charge >= 0.3 is 0 Å². The highest BCUT2D eigenvalue weighted by molar-refractivity contribution is 7.96. The maximum Gasteiger partial charge on any atom is 0.262 e. The van der Waals surface area contributed by atoms with Crippen LogP contribution in [0.1, 0.15) is 37.2 Å². The van der Waals surface area contributed by atoms with E-state index in [1.165, 1.54) is 23.6 Å². The van der Waals surface area contributed by atoms with Gasteiger partial charge in [0.25, 0.3) is 5.56 Å². The minimum atomic E-state index is -4.12. The van der Waals surface area contributed by atoms with Crippen molar-refractivity contribution < 1.29 is 23.1 Å². The molecule has 0 saturated carbocycles. The SMILES string of the molecule is Cc1cnc2c([S+](=O)([O-])NC(C)C(=O)Nc3cccc4c(=O)n(C5CCC(=O)NC5=O)c(C)nc34)cccc2c1. The third-order valence-corrected chi connectivity index (χ3v) is 8.28. The molecule has 1 aliphatic heterocycles. The molecule has 2 aromatic carbocycles. The molecule has 3 unspecified atom stereocenters. The van der Waals surface area contributed by atoms with Gasteiger partial charge in [-0.15, -0.1) is 4.72 Å². The van der Waals surface area contributed by atoms with Gasteiger partial charge in [-0.05, 0) is 57.0 Å². The molecule has 1 aliphatic rings. The lowest BCUT2D eigenvalue weighted by Gasteiger charge is -2.24. The lowest BCUT2D eigenvalue weighted by molar-refractivity contribution is -0.135. The number of imide groups is 1. The van der Waals surface area contributed by atoms with Crippen LogP contribution in [0.25, 0.3) is 21.8 Å². The molecule has 0 spiro atoms. The second kappa shape index (κ2) is 10.3. The summed E-state index contributed by atoms with van der Waals surface area (Å²) in [5.74, 6) is -1.43. The van der Waals surface area contributed by atoms with E-state index in [4.69, 9.17) is 0 Å². The predicted octanol–water partition coefficient (Wildman–Crippen LogP) is 2.06. The number of pyridine rings is 1. The van der Waals surface area contributed by atoms with Gasteiger partial charge in [-0.2, -0.15) is 0 Å². The van der Waals surface area contributed by atoms with Crippen molar-refractivity contribution in [1.82, 2.24) is 24.6 Å². The highest BCUT2D eigenvalue weighted by atomic mass is 32.3. The molecule has 2 aromatic heterocycles. The molecule has 206 valence electrons. The summed E-state index contributed by atoms with van der Waals surface area (Å²) in [4.78, 5) is 59.1. The molecule has 3 heterocycles. The fourth-order valence-corrected chi connectivity index (χ4v) is 6.16. The topological polar surface area (TPSA) is 175 Å². The Hall–Kier alpha value is -4.33. The zero-order valence-electron chi connectivity index (χ0n) is 21.9. The molecule has 13 heteroatoms. The minimum absolute atomic E-state index is 0.0545. The third kappa shape index (κ3) is 5.01. The average molecular weight is 563 g/mol. The fourth-order valence-electron chi connectivity index (χ4n) is 4.78.